The van der Waals surface area contributed by atoms with E-state index < -0.39 is 0 Å². The van der Waals surface area contributed by atoms with E-state index in [2.05, 4.69) is 29.3 Å². The van der Waals surface area contributed by atoms with E-state index >= 15 is 0 Å². The lowest BCUT2D eigenvalue weighted by atomic mass is 9.90. The molecular formula is C19H22NO2+. The van der Waals surface area contributed by atoms with Crippen molar-refractivity contribution in [3.05, 3.63) is 54.5 Å². The van der Waals surface area contributed by atoms with Gasteiger partial charge in [0.1, 0.15) is 11.2 Å². The predicted octanol–water partition coefficient (Wildman–Crippen LogP) is 3.07. The van der Waals surface area contributed by atoms with E-state index in [9.17, 15) is 0 Å². The van der Waals surface area contributed by atoms with Gasteiger partial charge in [0.15, 0.2) is 6.21 Å². The van der Waals surface area contributed by atoms with Gasteiger partial charge in [0.25, 0.3) is 5.95 Å². The van der Waals surface area contributed by atoms with Crippen molar-refractivity contribution < 1.29 is 14.5 Å². The van der Waals surface area contributed by atoms with Crippen LogP contribution in [0.3, 0.4) is 0 Å². The Morgan fingerprint density at radius 1 is 0.864 bits per heavy atom. The van der Waals surface area contributed by atoms with E-state index in [1.807, 2.05) is 58.2 Å². The molecule has 3 rings (SSSR count). The topological polar surface area (TPSA) is 32.4 Å². The van der Waals surface area contributed by atoms with Crippen molar-refractivity contribution >= 4 is 22.7 Å². The highest BCUT2D eigenvalue weighted by molar-refractivity contribution is 5.90. The third-order valence-corrected chi connectivity index (χ3v) is 4.41. The smallest absolute Gasteiger partial charge is 0.286 e. The summed E-state index contributed by atoms with van der Waals surface area (Å²) in [5, 5.41) is 2.40. The Balaban J connectivity index is 1.85. The average Bonchev–Trinajstić information content (AvgIpc) is 2.67. The number of fused-ring (bicyclic) bond motifs is 1. The maximum absolute atomic E-state index is 5.86. The van der Waals surface area contributed by atoms with Gasteiger partial charge in [-0.1, -0.05) is 30.3 Å². The molecule has 0 unspecified atom stereocenters. The molecule has 1 heterocycles. The molecule has 3 heteroatoms. The van der Waals surface area contributed by atoms with Crippen LogP contribution in [0.25, 0.3) is 10.8 Å². The fourth-order valence-corrected chi connectivity index (χ4v) is 2.39. The third-order valence-electron chi connectivity index (χ3n) is 4.41. The van der Waals surface area contributed by atoms with E-state index in [0.29, 0.717) is 5.95 Å². The molecular weight excluding hydrogens is 274 g/mol. The SMILES string of the molecule is CC1(C)OC(=CC=[NH+]c2cccc3ccccc23)OC1(C)C. The second-order valence-corrected chi connectivity index (χ2v) is 6.55. The monoisotopic (exact) mass is 296 g/mol. The Morgan fingerprint density at radius 3 is 2.23 bits per heavy atom. The maximum Gasteiger partial charge on any atom is 0.286 e. The van der Waals surface area contributed by atoms with Crippen molar-refractivity contribution in [1.29, 1.82) is 0 Å². The minimum atomic E-state index is -0.341. The molecule has 0 saturated carbocycles. The first-order chi connectivity index (χ1) is 10.4. The Bertz CT molecular complexity index is 734. The summed E-state index contributed by atoms with van der Waals surface area (Å²) in [5.41, 5.74) is 0.379. The predicted molar refractivity (Wildman–Crippen MR) is 89.0 cm³/mol. The Labute approximate surface area is 131 Å². The summed E-state index contributed by atoms with van der Waals surface area (Å²) in [6.07, 6.45) is 3.69. The van der Waals surface area contributed by atoms with Crippen LogP contribution in [0, 0.1) is 0 Å². The zero-order valence-corrected chi connectivity index (χ0v) is 13.5. The minimum Gasteiger partial charge on any atom is -0.455 e. The molecule has 0 atom stereocenters. The molecule has 0 aliphatic carbocycles. The number of rotatable bonds is 2. The van der Waals surface area contributed by atoms with Crippen molar-refractivity contribution in [2.24, 2.45) is 0 Å². The number of benzene rings is 2. The molecule has 22 heavy (non-hydrogen) atoms. The normalized spacial score (nSPS) is 19.2. The molecule has 1 aliphatic rings. The van der Waals surface area contributed by atoms with Gasteiger partial charge in [0.2, 0.25) is 5.69 Å². The molecule has 114 valence electrons. The molecule has 0 bridgehead atoms. The zero-order valence-electron chi connectivity index (χ0n) is 13.5. The first kappa shape index (κ1) is 14.6. The van der Waals surface area contributed by atoms with Crippen LogP contribution in [0.4, 0.5) is 5.69 Å². The number of ether oxygens (including phenoxy) is 2. The van der Waals surface area contributed by atoms with Crippen LogP contribution >= 0.6 is 0 Å². The highest BCUT2D eigenvalue weighted by atomic mass is 16.7. The lowest BCUT2D eigenvalue weighted by Gasteiger charge is -2.28. The molecule has 0 aromatic heterocycles. The molecule has 2 aromatic rings. The molecule has 1 saturated heterocycles. The molecule has 3 nitrogen and oxygen atoms in total. The summed E-state index contributed by atoms with van der Waals surface area (Å²) in [6.45, 7) is 8.13. The zero-order chi connectivity index (χ0) is 15.8. The van der Waals surface area contributed by atoms with Crippen LogP contribution in [0.15, 0.2) is 54.5 Å². The van der Waals surface area contributed by atoms with E-state index in [0.717, 1.165) is 5.69 Å². The molecule has 0 radical (unpaired) electrons. The minimum absolute atomic E-state index is 0.341. The highest BCUT2D eigenvalue weighted by Crippen LogP contribution is 2.39. The average molecular weight is 296 g/mol. The van der Waals surface area contributed by atoms with Crippen molar-refractivity contribution in [2.45, 2.75) is 38.9 Å². The Kier molecular flexibility index (Phi) is 3.44. The van der Waals surface area contributed by atoms with Gasteiger partial charge in [-0.15, -0.1) is 0 Å². The third kappa shape index (κ3) is 2.59. The van der Waals surface area contributed by atoms with Crippen LogP contribution < -0.4 is 4.99 Å². The molecule has 1 N–H and O–H groups in total. The van der Waals surface area contributed by atoms with E-state index in [1.165, 1.54) is 10.8 Å². The fourth-order valence-electron chi connectivity index (χ4n) is 2.39. The van der Waals surface area contributed by atoms with Crippen LogP contribution in [-0.4, -0.2) is 17.4 Å². The van der Waals surface area contributed by atoms with Gasteiger partial charge in [-0.05, 0) is 39.1 Å². The Hall–Kier alpha value is -2.29. The van der Waals surface area contributed by atoms with Crippen LogP contribution in [0.2, 0.25) is 0 Å². The van der Waals surface area contributed by atoms with Gasteiger partial charge in [-0.25, -0.2) is 4.99 Å². The molecule has 1 fully saturated rings. The number of nitrogens with one attached hydrogen (secondary N) is 1. The largest absolute Gasteiger partial charge is 0.455 e. The summed E-state index contributed by atoms with van der Waals surface area (Å²) in [5.74, 6) is 0.544. The van der Waals surface area contributed by atoms with E-state index in [4.69, 9.17) is 9.47 Å². The van der Waals surface area contributed by atoms with E-state index in [-0.39, 0.29) is 11.2 Å². The summed E-state index contributed by atoms with van der Waals surface area (Å²) >= 11 is 0. The first-order valence-corrected chi connectivity index (χ1v) is 7.55. The summed E-state index contributed by atoms with van der Waals surface area (Å²) in [4.78, 5) is 3.31. The number of hydrogen-bond acceptors (Lipinski definition) is 2. The Morgan fingerprint density at radius 2 is 1.50 bits per heavy atom. The highest BCUT2D eigenvalue weighted by Gasteiger charge is 2.48. The first-order valence-electron chi connectivity index (χ1n) is 7.55. The summed E-state index contributed by atoms with van der Waals surface area (Å²) in [6, 6.07) is 14.5. The van der Waals surface area contributed by atoms with Crippen LogP contribution in [-0.2, 0) is 9.47 Å². The van der Waals surface area contributed by atoms with Gasteiger partial charge in [-0.3, -0.25) is 0 Å². The second kappa shape index (κ2) is 5.16. The van der Waals surface area contributed by atoms with Crippen molar-refractivity contribution in [2.75, 3.05) is 0 Å². The molecule has 2 aromatic carbocycles. The van der Waals surface area contributed by atoms with Gasteiger partial charge in [-0.2, -0.15) is 0 Å². The lowest BCUT2D eigenvalue weighted by Crippen LogP contribution is -2.61. The van der Waals surface area contributed by atoms with Crippen molar-refractivity contribution in [3.8, 4) is 0 Å². The van der Waals surface area contributed by atoms with E-state index in [1.54, 1.807) is 0 Å². The van der Waals surface area contributed by atoms with Gasteiger partial charge >= 0.3 is 0 Å². The standard InChI is InChI=1S/C19H21NO2/c1-18(2)19(3,4)22-17(21-18)12-13-20-16-11-7-9-14-8-5-6-10-15(14)16/h5-13H,1-4H3/p+1. The van der Waals surface area contributed by atoms with Gasteiger partial charge in [0, 0.05) is 6.07 Å². The molecule has 1 aliphatic heterocycles. The quantitative estimate of drug-likeness (QED) is 0.864. The number of allylic oxidation sites excluding steroid dienone is 1. The van der Waals surface area contributed by atoms with Gasteiger partial charge < -0.3 is 9.47 Å². The summed E-state index contributed by atoms with van der Waals surface area (Å²) in [7, 11) is 0. The summed E-state index contributed by atoms with van der Waals surface area (Å²) < 4.78 is 11.7. The number of hydrogen-bond donors (Lipinski definition) is 1. The lowest BCUT2D eigenvalue weighted by molar-refractivity contribution is -0.344. The van der Waals surface area contributed by atoms with Crippen molar-refractivity contribution in [3.63, 3.8) is 0 Å². The second-order valence-electron chi connectivity index (χ2n) is 6.55. The molecule has 0 amide bonds. The van der Waals surface area contributed by atoms with Gasteiger partial charge in [0.05, 0.1) is 11.5 Å². The molecule has 0 spiro atoms. The van der Waals surface area contributed by atoms with Crippen LogP contribution in [0.5, 0.6) is 0 Å². The van der Waals surface area contributed by atoms with Crippen molar-refractivity contribution in [1.82, 2.24) is 0 Å². The maximum atomic E-state index is 5.86. The van der Waals surface area contributed by atoms with Crippen LogP contribution in [0.1, 0.15) is 27.7 Å². The fraction of sp³-hybridized carbons (Fsp3) is 0.316.